The zero-order chi connectivity index (χ0) is 19.3. The zero-order valence-electron chi connectivity index (χ0n) is 15.9. The molecule has 1 heterocycles. The maximum Gasteiger partial charge on any atom is 0.407 e. The highest BCUT2D eigenvalue weighted by molar-refractivity contribution is 5.83. The van der Waals surface area contributed by atoms with Gasteiger partial charge in [0, 0.05) is 19.2 Å². The number of rotatable bonds is 6. The number of hydrogen-bond donors (Lipinski definition) is 2. The smallest absolute Gasteiger partial charge is 0.407 e. The third kappa shape index (κ3) is 5.56. The van der Waals surface area contributed by atoms with Crippen LogP contribution < -0.4 is 10.6 Å². The molecule has 0 radical (unpaired) electrons. The number of carbonyl (C=O) groups excluding carboxylic acids is 1. The van der Waals surface area contributed by atoms with Crippen molar-refractivity contribution in [2.24, 2.45) is 0 Å². The number of alkyl carbamates (subject to hydrolysis) is 1. The first-order chi connectivity index (χ1) is 12.9. The Labute approximate surface area is 158 Å². The largest absolute Gasteiger partial charge is 0.444 e. The fraction of sp³-hybridized carbons (Fsp3) is 0.333. The Morgan fingerprint density at radius 3 is 2.63 bits per heavy atom. The molecule has 0 aliphatic heterocycles. The molecule has 3 rings (SSSR count). The Balaban J connectivity index is 1.74. The maximum absolute atomic E-state index is 12.1. The van der Waals surface area contributed by atoms with E-state index in [4.69, 9.17) is 9.26 Å². The van der Waals surface area contributed by atoms with Crippen molar-refractivity contribution in [3.8, 4) is 0 Å². The van der Waals surface area contributed by atoms with Gasteiger partial charge in [-0.2, -0.15) is 0 Å². The molecule has 0 aliphatic carbocycles. The van der Waals surface area contributed by atoms with Crippen LogP contribution in [0.25, 0.3) is 10.8 Å². The summed E-state index contributed by atoms with van der Waals surface area (Å²) in [4.78, 5) is 12.1. The van der Waals surface area contributed by atoms with Crippen LogP contribution in [0.15, 0.2) is 59.3 Å². The summed E-state index contributed by atoms with van der Waals surface area (Å²) in [6.45, 7) is 6.46. The van der Waals surface area contributed by atoms with Crippen molar-refractivity contribution in [3.63, 3.8) is 0 Å². The summed E-state index contributed by atoms with van der Waals surface area (Å²) in [6, 6.07) is 16.2. The molecule has 0 spiro atoms. The van der Waals surface area contributed by atoms with Crippen molar-refractivity contribution in [2.75, 3.05) is 6.54 Å². The van der Waals surface area contributed by atoms with E-state index in [9.17, 15) is 4.79 Å². The number of nitrogens with zero attached hydrogens (tertiary/aromatic N) is 1. The van der Waals surface area contributed by atoms with Crippen LogP contribution in [0.2, 0.25) is 0 Å². The van der Waals surface area contributed by atoms with Gasteiger partial charge in [0.2, 0.25) is 0 Å². The van der Waals surface area contributed by atoms with Crippen LogP contribution in [-0.2, 0) is 11.3 Å². The highest BCUT2D eigenvalue weighted by atomic mass is 16.6. The minimum atomic E-state index is -0.531. The van der Waals surface area contributed by atoms with Gasteiger partial charge in [-0.05, 0) is 43.2 Å². The molecule has 6 heteroatoms. The number of benzene rings is 2. The van der Waals surface area contributed by atoms with Gasteiger partial charge in [-0.3, -0.25) is 0 Å². The Morgan fingerprint density at radius 1 is 1.15 bits per heavy atom. The fourth-order valence-electron chi connectivity index (χ4n) is 2.79. The first-order valence-electron chi connectivity index (χ1n) is 8.99. The number of aromatic nitrogens is 1. The van der Waals surface area contributed by atoms with Crippen molar-refractivity contribution in [1.82, 2.24) is 15.8 Å². The molecule has 0 saturated carbocycles. The van der Waals surface area contributed by atoms with Gasteiger partial charge in [0.25, 0.3) is 0 Å². The van der Waals surface area contributed by atoms with Gasteiger partial charge in [0.1, 0.15) is 11.9 Å². The number of carbonyl (C=O) groups is 1. The average Bonchev–Trinajstić information content (AvgIpc) is 3.13. The van der Waals surface area contributed by atoms with Gasteiger partial charge in [0.05, 0.1) is 11.7 Å². The van der Waals surface area contributed by atoms with Gasteiger partial charge in [-0.1, -0.05) is 41.6 Å². The Morgan fingerprint density at radius 2 is 1.93 bits per heavy atom. The third-order valence-corrected chi connectivity index (χ3v) is 4.05. The first kappa shape index (κ1) is 18.9. The molecule has 2 N–H and O–H groups in total. The molecule has 6 nitrogen and oxygen atoms in total. The Hall–Kier alpha value is -2.86. The normalized spacial score (nSPS) is 12.7. The molecule has 0 bridgehead atoms. The summed E-state index contributed by atoms with van der Waals surface area (Å²) in [5, 5.41) is 12.5. The molecular weight excluding hydrogens is 342 g/mol. The predicted molar refractivity (Wildman–Crippen MR) is 104 cm³/mol. The average molecular weight is 367 g/mol. The van der Waals surface area contributed by atoms with E-state index in [0.717, 1.165) is 16.6 Å². The summed E-state index contributed by atoms with van der Waals surface area (Å²) < 4.78 is 10.2. The first-order valence-corrected chi connectivity index (χ1v) is 8.99. The summed E-state index contributed by atoms with van der Waals surface area (Å²) in [7, 11) is 0. The van der Waals surface area contributed by atoms with Gasteiger partial charge in [-0.15, -0.1) is 0 Å². The number of nitrogens with one attached hydrogen (secondary N) is 2. The minimum Gasteiger partial charge on any atom is -0.444 e. The molecule has 0 aliphatic rings. The molecule has 1 amide bonds. The Kier molecular flexibility index (Phi) is 5.76. The predicted octanol–water partition coefficient (Wildman–Crippen LogP) is 4.18. The maximum atomic E-state index is 12.1. The lowest BCUT2D eigenvalue weighted by atomic mass is 10.0. The zero-order valence-corrected chi connectivity index (χ0v) is 15.9. The molecule has 3 aromatic rings. The van der Waals surface area contributed by atoms with Crippen LogP contribution >= 0.6 is 0 Å². The quantitative estimate of drug-likeness (QED) is 0.683. The molecule has 1 unspecified atom stereocenters. The van der Waals surface area contributed by atoms with Crippen molar-refractivity contribution < 1.29 is 14.1 Å². The van der Waals surface area contributed by atoms with Gasteiger partial charge in [0.15, 0.2) is 0 Å². The van der Waals surface area contributed by atoms with E-state index >= 15 is 0 Å². The highest BCUT2D eigenvalue weighted by Gasteiger charge is 2.18. The van der Waals surface area contributed by atoms with E-state index in [1.54, 1.807) is 6.26 Å². The van der Waals surface area contributed by atoms with Crippen LogP contribution in [0.4, 0.5) is 4.79 Å². The molecule has 142 valence electrons. The summed E-state index contributed by atoms with van der Waals surface area (Å²) in [6.07, 6.45) is 1.11. The second-order valence-corrected chi connectivity index (χ2v) is 7.41. The third-order valence-electron chi connectivity index (χ3n) is 4.05. The van der Waals surface area contributed by atoms with E-state index < -0.39 is 11.7 Å². The second-order valence-electron chi connectivity index (χ2n) is 7.41. The lowest BCUT2D eigenvalue weighted by molar-refractivity contribution is 0.0522. The number of ether oxygens (including phenoxy) is 1. The molecule has 2 aromatic carbocycles. The fourth-order valence-corrected chi connectivity index (χ4v) is 2.79. The number of fused-ring (bicyclic) bond motifs is 1. The van der Waals surface area contributed by atoms with Crippen LogP contribution in [0, 0.1) is 0 Å². The van der Waals surface area contributed by atoms with Crippen molar-refractivity contribution in [2.45, 2.75) is 39.0 Å². The monoisotopic (exact) mass is 367 g/mol. The Bertz CT molecular complexity index is 885. The second kappa shape index (κ2) is 8.22. The van der Waals surface area contributed by atoms with E-state index in [-0.39, 0.29) is 6.04 Å². The summed E-state index contributed by atoms with van der Waals surface area (Å²) >= 11 is 0. The lowest BCUT2D eigenvalue weighted by Gasteiger charge is -2.23. The van der Waals surface area contributed by atoms with Gasteiger partial charge >= 0.3 is 6.09 Å². The van der Waals surface area contributed by atoms with Crippen molar-refractivity contribution >= 4 is 16.9 Å². The van der Waals surface area contributed by atoms with E-state index in [1.165, 1.54) is 5.39 Å². The topological polar surface area (TPSA) is 76.4 Å². The van der Waals surface area contributed by atoms with E-state index in [0.29, 0.717) is 13.1 Å². The molecular formula is C21H25N3O3. The molecule has 27 heavy (non-hydrogen) atoms. The minimum absolute atomic E-state index is 0.0983. The van der Waals surface area contributed by atoms with Crippen molar-refractivity contribution in [1.29, 1.82) is 0 Å². The highest BCUT2D eigenvalue weighted by Crippen LogP contribution is 2.21. The van der Waals surface area contributed by atoms with E-state index in [2.05, 4.69) is 46.1 Å². The molecule has 1 aromatic heterocycles. The molecule has 0 fully saturated rings. The van der Waals surface area contributed by atoms with Gasteiger partial charge in [-0.25, -0.2) is 4.79 Å². The number of amides is 1. The number of hydrogen-bond acceptors (Lipinski definition) is 5. The molecule has 1 atom stereocenters. The summed E-state index contributed by atoms with van der Waals surface area (Å²) in [5.74, 6) is 0. The van der Waals surface area contributed by atoms with Crippen LogP contribution in [0.5, 0.6) is 0 Å². The standard InChI is InChI=1S/C21H25N3O3/c1-21(2,3)27-20(25)23-14-19(22-13-18-10-11-26-24-18)17-9-8-15-6-4-5-7-16(15)12-17/h4-12,19,22H,13-14H2,1-3H3,(H,23,25). The SMILES string of the molecule is CC(C)(C)OC(=O)NCC(NCc1ccon1)c1ccc2ccccc2c1. The van der Waals surface area contributed by atoms with Gasteiger partial charge < -0.3 is 19.9 Å². The lowest BCUT2D eigenvalue weighted by Crippen LogP contribution is -2.38. The van der Waals surface area contributed by atoms with Crippen LogP contribution in [0.3, 0.4) is 0 Å². The molecule has 0 saturated heterocycles. The van der Waals surface area contributed by atoms with E-state index in [1.807, 2.05) is 39.0 Å². The summed E-state index contributed by atoms with van der Waals surface area (Å²) in [5.41, 5.74) is 1.35. The van der Waals surface area contributed by atoms with Crippen LogP contribution in [-0.4, -0.2) is 23.4 Å². The van der Waals surface area contributed by atoms with Crippen molar-refractivity contribution in [3.05, 3.63) is 66.1 Å². The van der Waals surface area contributed by atoms with Crippen LogP contribution in [0.1, 0.15) is 38.1 Å².